The van der Waals surface area contributed by atoms with Crippen molar-refractivity contribution in [1.82, 2.24) is 24.6 Å². The van der Waals surface area contributed by atoms with Gasteiger partial charge in [-0.25, -0.2) is 14.6 Å². The van der Waals surface area contributed by atoms with Gasteiger partial charge in [0, 0.05) is 6.42 Å². The number of rotatable bonds is 11. The van der Waals surface area contributed by atoms with Gasteiger partial charge in [0.2, 0.25) is 5.28 Å². The third kappa shape index (κ3) is 7.12. The van der Waals surface area contributed by atoms with E-state index >= 15 is 0 Å². The van der Waals surface area contributed by atoms with Crippen LogP contribution in [0.15, 0.2) is 30.6 Å². The maximum absolute atomic E-state index is 13.8. The molecule has 15 heteroatoms. The number of nitrogens with one attached hydrogen (secondary N) is 1. The number of esters is 1. The molecule has 1 aromatic carbocycles. The Morgan fingerprint density at radius 3 is 2.77 bits per heavy atom. The minimum Gasteiger partial charge on any atom is -0.462 e. The number of aliphatic hydroxyl groups is 1. The van der Waals surface area contributed by atoms with Crippen molar-refractivity contribution in [2.24, 2.45) is 0 Å². The van der Waals surface area contributed by atoms with Gasteiger partial charge in [0.25, 0.3) is 0 Å². The van der Waals surface area contributed by atoms with Gasteiger partial charge in [-0.1, -0.05) is 24.3 Å². The van der Waals surface area contributed by atoms with Crippen LogP contribution in [-0.4, -0.2) is 61.6 Å². The van der Waals surface area contributed by atoms with Crippen molar-refractivity contribution in [2.75, 3.05) is 12.3 Å². The summed E-state index contributed by atoms with van der Waals surface area (Å²) in [6.07, 6.45) is -1.26. The second kappa shape index (κ2) is 12.3. The van der Waals surface area contributed by atoms with Crippen molar-refractivity contribution < 1.29 is 33.0 Å². The first kappa shape index (κ1) is 29.3. The molecule has 13 nitrogen and oxygen atoms in total. The molecule has 3 aromatic rings. The highest BCUT2D eigenvalue weighted by Gasteiger charge is 2.39. The Balaban J connectivity index is 1.47. The van der Waals surface area contributed by atoms with E-state index in [1.54, 1.807) is 18.4 Å². The topological polar surface area (TPSA) is 173 Å². The van der Waals surface area contributed by atoms with Crippen LogP contribution in [0.5, 0.6) is 0 Å². The zero-order valence-corrected chi connectivity index (χ0v) is 23.6. The van der Waals surface area contributed by atoms with Crippen molar-refractivity contribution in [2.45, 2.75) is 71.3 Å². The number of halogens is 1. The first-order chi connectivity index (χ1) is 18.5. The van der Waals surface area contributed by atoms with Crippen LogP contribution in [0, 0.1) is 6.92 Å². The highest BCUT2D eigenvalue weighted by Crippen LogP contribution is 2.46. The minimum absolute atomic E-state index is 0.0392. The average molecular weight is 583 g/mol. The molecule has 4 rings (SSSR count). The molecule has 0 bridgehead atoms. The van der Waals surface area contributed by atoms with E-state index in [0.29, 0.717) is 11.2 Å². The van der Waals surface area contributed by atoms with Crippen LogP contribution in [0.25, 0.3) is 11.2 Å². The van der Waals surface area contributed by atoms with E-state index in [9.17, 15) is 14.5 Å². The van der Waals surface area contributed by atoms with E-state index in [0.717, 1.165) is 11.1 Å². The molecule has 39 heavy (non-hydrogen) atoms. The molecule has 1 saturated heterocycles. The quantitative estimate of drug-likeness (QED) is 0.171. The van der Waals surface area contributed by atoms with Crippen LogP contribution < -0.4 is 10.8 Å². The first-order valence-electron chi connectivity index (χ1n) is 12.4. The van der Waals surface area contributed by atoms with Crippen molar-refractivity contribution in [1.29, 1.82) is 0 Å². The number of imidazole rings is 1. The summed E-state index contributed by atoms with van der Waals surface area (Å²) < 4.78 is 38.0. The molecule has 4 N–H and O–H groups in total. The highest BCUT2D eigenvalue weighted by atomic mass is 35.5. The van der Waals surface area contributed by atoms with Crippen molar-refractivity contribution >= 4 is 42.3 Å². The summed E-state index contributed by atoms with van der Waals surface area (Å²) >= 11 is 5.95. The Bertz CT molecular complexity index is 1370. The maximum Gasteiger partial charge on any atom is 0.406 e. The lowest BCUT2D eigenvalue weighted by atomic mass is 10.1. The second-order valence-corrected chi connectivity index (χ2v) is 11.6. The van der Waals surface area contributed by atoms with Gasteiger partial charge < -0.3 is 20.3 Å². The van der Waals surface area contributed by atoms with Gasteiger partial charge in [0.15, 0.2) is 11.5 Å². The summed E-state index contributed by atoms with van der Waals surface area (Å²) in [5.41, 5.74) is 8.30. The Hall–Kier alpha value is -2.64. The Labute approximate surface area is 230 Å². The van der Waals surface area contributed by atoms with Crippen LogP contribution >= 0.6 is 19.3 Å². The number of ether oxygens (including phenoxy) is 2. The molecule has 1 fully saturated rings. The fourth-order valence-corrected chi connectivity index (χ4v) is 5.62. The molecule has 2 aromatic heterocycles. The Morgan fingerprint density at radius 1 is 1.31 bits per heavy atom. The normalized spacial score (nSPS) is 21.8. The number of nitrogen functional groups attached to an aromatic ring is 1. The van der Waals surface area contributed by atoms with Crippen LogP contribution in [0.1, 0.15) is 44.5 Å². The molecule has 0 aliphatic carbocycles. The van der Waals surface area contributed by atoms with Crippen LogP contribution in [-0.2, 0) is 34.5 Å². The number of fused-ring (bicyclic) bond motifs is 1. The maximum atomic E-state index is 13.8. The van der Waals surface area contributed by atoms with Crippen LogP contribution in [0.3, 0.4) is 0 Å². The molecular weight excluding hydrogens is 551 g/mol. The molecule has 0 unspecified atom stereocenters. The lowest BCUT2D eigenvalue weighted by molar-refractivity contribution is -0.149. The van der Waals surface area contributed by atoms with Gasteiger partial charge in [-0.3, -0.25) is 18.4 Å². The molecule has 0 spiro atoms. The van der Waals surface area contributed by atoms with Gasteiger partial charge in [0.05, 0.1) is 31.7 Å². The average Bonchev–Trinajstić information content (AvgIpc) is 3.45. The van der Waals surface area contributed by atoms with E-state index in [1.165, 1.54) is 13.3 Å². The van der Waals surface area contributed by atoms with Crippen molar-refractivity contribution in [3.63, 3.8) is 0 Å². The number of benzene rings is 1. The zero-order valence-electron chi connectivity index (χ0n) is 22.0. The molecule has 0 saturated carbocycles. The SMILES string of the molecule is Cc1ccccc1CO[P@](=O)(N[C@H](C)C(=O)OC(C)C)OC[C@H]1O[C@@H](n2cnc3c(N)nc(Cl)nc32)C[C@@H]1O. The smallest absolute Gasteiger partial charge is 0.406 e. The third-order valence-corrected chi connectivity index (χ3v) is 7.88. The van der Waals surface area contributed by atoms with E-state index in [1.807, 2.05) is 31.2 Å². The Morgan fingerprint density at radius 2 is 2.05 bits per heavy atom. The van der Waals surface area contributed by atoms with Gasteiger partial charge in [-0.15, -0.1) is 0 Å². The zero-order chi connectivity index (χ0) is 28.3. The number of nitrogens with zero attached hydrogens (tertiary/aromatic N) is 4. The second-order valence-electron chi connectivity index (χ2n) is 9.46. The number of hydrogen-bond donors (Lipinski definition) is 3. The van der Waals surface area contributed by atoms with Gasteiger partial charge in [0.1, 0.15) is 23.9 Å². The molecule has 3 heterocycles. The molecule has 1 aliphatic heterocycles. The number of nitrogens with two attached hydrogens (primary N) is 1. The van der Waals surface area contributed by atoms with Gasteiger partial charge in [-0.2, -0.15) is 9.97 Å². The highest BCUT2D eigenvalue weighted by molar-refractivity contribution is 7.51. The molecular formula is C24H32ClN6O7P. The molecule has 0 radical (unpaired) electrons. The monoisotopic (exact) mass is 582 g/mol. The lowest BCUT2D eigenvalue weighted by Crippen LogP contribution is -2.36. The summed E-state index contributed by atoms with van der Waals surface area (Å²) in [6.45, 7) is 6.48. The number of anilines is 1. The van der Waals surface area contributed by atoms with E-state index in [-0.39, 0.29) is 36.8 Å². The first-order valence-corrected chi connectivity index (χ1v) is 14.3. The molecule has 0 amide bonds. The van der Waals surface area contributed by atoms with Gasteiger partial charge >= 0.3 is 13.7 Å². The molecule has 1 aliphatic rings. The summed E-state index contributed by atoms with van der Waals surface area (Å²) in [6, 6.07) is 6.45. The van der Waals surface area contributed by atoms with Crippen molar-refractivity contribution in [3.05, 3.63) is 47.0 Å². The fourth-order valence-electron chi connectivity index (χ4n) is 3.99. The Kier molecular flexibility index (Phi) is 9.22. The van der Waals surface area contributed by atoms with Gasteiger partial charge in [-0.05, 0) is 50.4 Å². The summed E-state index contributed by atoms with van der Waals surface area (Å²) in [4.78, 5) is 24.6. The minimum atomic E-state index is -4.08. The number of aryl methyl sites for hydroxylation is 1. The summed E-state index contributed by atoms with van der Waals surface area (Å²) in [5.74, 6) is -0.498. The van der Waals surface area contributed by atoms with Crippen LogP contribution in [0.2, 0.25) is 5.28 Å². The number of hydrogen-bond acceptors (Lipinski definition) is 11. The van der Waals surface area contributed by atoms with Crippen LogP contribution in [0.4, 0.5) is 5.82 Å². The number of carbonyl (C=O) groups is 1. The van der Waals surface area contributed by atoms with E-state index in [2.05, 4.69) is 20.0 Å². The standard InChI is InChI=1S/C24H32ClN6O7P/c1-13(2)37-23(33)15(4)30-39(34,35-10-16-8-6-5-7-14(16)3)36-11-18-17(32)9-19(38-18)31-12-27-20-21(26)28-24(25)29-22(20)31/h5-8,12-13,15,17-19,32H,9-11H2,1-4H3,(H,30,34)(H2,26,28,29)/t15-,17+,18-,19-,39-/m1/s1. The largest absolute Gasteiger partial charge is 0.462 e. The lowest BCUT2D eigenvalue weighted by Gasteiger charge is -2.25. The summed E-state index contributed by atoms with van der Waals surface area (Å²) in [5, 5.41) is 13.3. The predicted molar refractivity (Wildman–Crippen MR) is 143 cm³/mol. The number of carbonyl (C=O) groups excluding carboxylic acids is 1. The molecule has 5 atom stereocenters. The van der Waals surface area contributed by atoms with E-state index in [4.69, 9.17) is 35.9 Å². The number of aliphatic hydroxyl groups excluding tert-OH is 1. The fraction of sp³-hybridized carbons (Fsp3) is 0.500. The van der Waals surface area contributed by atoms with Crippen molar-refractivity contribution in [3.8, 4) is 0 Å². The van der Waals surface area contributed by atoms with E-state index < -0.39 is 38.2 Å². The summed E-state index contributed by atoms with van der Waals surface area (Å²) in [7, 11) is -4.08. The number of aromatic nitrogens is 4. The predicted octanol–water partition coefficient (Wildman–Crippen LogP) is 3.29. The molecule has 212 valence electrons. The third-order valence-electron chi connectivity index (χ3n) is 6.05.